The van der Waals surface area contributed by atoms with E-state index in [1.54, 1.807) is 23.0 Å². The summed E-state index contributed by atoms with van der Waals surface area (Å²) in [5.74, 6) is 8.22. The van der Waals surface area contributed by atoms with E-state index in [0.717, 1.165) is 48.8 Å². The van der Waals surface area contributed by atoms with Crippen LogP contribution in [0.3, 0.4) is 0 Å². The lowest BCUT2D eigenvalue weighted by Gasteiger charge is -2.09. The number of hydrogen-bond acceptors (Lipinski definition) is 6. The lowest BCUT2D eigenvalue weighted by molar-refractivity contribution is 0.869. The minimum Gasteiger partial charge on any atom is -0.276 e. The number of halogens is 1. The summed E-state index contributed by atoms with van der Waals surface area (Å²) in [4.78, 5) is 11.0. The third-order valence-electron chi connectivity index (χ3n) is 4.69. The number of fused-ring (bicyclic) bond motifs is 3. The highest BCUT2D eigenvalue weighted by molar-refractivity contribution is 7.15. The van der Waals surface area contributed by atoms with Gasteiger partial charge in [-0.25, -0.2) is 0 Å². The van der Waals surface area contributed by atoms with E-state index < -0.39 is 0 Å². The van der Waals surface area contributed by atoms with Gasteiger partial charge in [-0.15, -0.1) is 32.9 Å². The molecular formula is C21H14ClN5S2. The van der Waals surface area contributed by atoms with Gasteiger partial charge < -0.3 is 0 Å². The van der Waals surface area contributed by atoms with Crippen LogP contribution in [-0.4, -0.2) is 25.5 Å². The number of rotatable bonds is 1. The number of benzene rings is 1. The molecule has 0 aliphatic carbocycles. The maximum Gasteiger partial charge on any atom is 0.160 e. The van der Waals surface area contributed by atoms with Gasteiger partial charge >= 0.3 is 0 Å². The van der Waals surface area contributed by atoms with E-state index in [-0.39, 0.29) is 0 Å². The second-order valence-electron chi connectivity index (χ2n) is 6.52. The number of thiazole rings is 1. The molecule has 4 aromatic rings. The third-order valence-corrected chi connectivity index (χ3v) is 6.82. The Kier molecular flexibility index (Phi) is 4.55. The van der Waals surface area contributed by atoms with Crippen molar-refractivity contribution in [1.82, 2.24) is 19.7 Å². The predicted molar refractivity (Wildman–Crippen MR) is 118 cm³/mol. The van der Waals surface area contributed by atoms with Gasteiger partial charge in [-0.1, -0.05) is 23.7 Å². The fraction of sp³-hybridized carbons (Fsp3) is 0.143. The molecule has 0 saturated heterocycles. The first-order chi connectivity index (χ1) is 14.1. The Labute approximate surface area is 180 Å². The fourth-order valence-electron chi connectivity index (χ4n) is 3.29. The summed E-state index contributed by atoms with van der Waals surface area (Å²) < 4.78 is 2.09. The molecule has 0 amide bonds. The number of aliphatic imine (C=N–C) groups is 1. The zero-order valence-corrected chi connectivity index (χ0v) is 18.0. The Hall–Kier alpha value is -2.79. The predicted octanol–water partition coefficient (Wildman–Crippen LogP) is 4.81. The van der Waals surface area contributed by atoms with Crippen molar-refractivity contribution in [3.63, 3.8) is 0 Å². The van der Waals surface area contributed by atoms with Crippen LogP contribution in [0.15, 0.2) is 41.0 Å². The highest BCUT2D eigenvalue weighted by Crippen LogP contribution is 2.36. The summed E-state index contributed by atoms with van der Waals surface area (Å²) >= 11 is 9.28. The van der Waals surface area contributed by atoms with E-state index in [1.807, 2.05) is 31.2 Å². The lowest BCUT2D eigenvalue weighted by Crippen LogP contribution is -2.07. The molecule has 0 radical (unpaired) electrons. The van der Waals surface area contributed by atoms with Gasteiger partial charge in [-0.2, -0.15) is 0 Å². The topological polar surface area (TPSA) is 56.0 Å². The van der Waals surface area contributed by atoms with Crippen LogP contribution in [0, 0.1) is 25.7 Å². The molecule has 1 aliphatic rings. The van der Waals surface area contributed by atoms with Crippen molar-refractivity contribution in [2.24, 2.45) is 4.99 Å². The summed E-state index contributed by atoms with van der Waals surface area (Å²) in [5.41, 5.74) is 5.93. The average Bonchev–Trinajstić information content (AvgIpc) is 3.40. The van der Waals surface area contributed by atoms with Crippen molar-refractivity contribution < 1.29 is 0 Å². The molecule has 142 valence electrons. The first-order valence-electron chi connectivity index (χ1n) is 8.87. The quantitative estimate of drug-likeness (QED) is 0.403. The van der Waals surface area contributed by atoms with Gasteiger partial charge in [0.05, 0.1) is 27.2 Å². The minimum absolute atomic E-state index is 0.474. The molecule has 0 fully saturated rings. The number of nitrogens with zero attached hydrogens (tertiary/aromatic N) is 5. The molecule has 1 aliphatic heterocycles. The lowest BCUT2D eigenvalue weighted by atomic mass is 10.00. The van der Waals surface area contributed by atoms with Gasteiger partial charge in [-0.3, -0.25) is 14.5 Å². The van der Waals surface area contributed by atoms with Gasteiger partial charge in [0.25, 0.3) is 0 Å². The summed E-state index contributed by atoms with van der Waals surface area (Å²) in [7, 11) is 0. The maximum atomic E-state index is 6.10. The molecule has 3 aromatic heterocycles. The van der Waals surface area contributed by atoms with Crippen LogP contribution in [0.25, 0.3) is 5.00 Å². The SMILES string of the molecule is Cc1c(C#Cc2cncs2)sc2c1C(c1ccc(Cl)cc1)=NCc1nnc(C)n1-2. The second kappa shape index (κ2) is 7.23. The Balaban J connectivity index is 1.73. The first kappa shape index (κ1) is 18.3. The van der Waals surface area contributed by atoms with Crippen LogP contribution in [0.4, 0.5) is 0 Å². The van der Waals surface area contributed by atoms with Crippen molar-refractivity contribution in [3.8, 4) is 16.8 Å². The monoisotopic (exact) mass is 435 g/mol. The molecule has 0 bridgehead atoms. The van der Waals surface area contributed by atoms with Crippen molar-refractivity contribution in [2.45, 2.75) is 20.4 Å². The molecule has 0 N–H and O–H groups in total. The number of aromatic nitrogens is 4. The van der Waals surface area contributed by atoms with Gasteiger partial charge in [0.15, 0.2) is 5.82 Å². The molecule has 29 heavy (non-hydrogen) atoms. The molecule has 5 nitrogen and oxygen atoms in total. The molecular weight excluding hydrogens is 422 g/mol. The van der Waals surface area contributed by atoms with Crippen LogP contribution in [0.1, 0.15) is 38.1 Å². The van der Waals surface area contributed by atoms with Crippen LogP contribution in [0.5, 0.6) is 0 Å². The van der Waals surface area contributed by atoms with Gasteiger partial charge in [-0.05, 0) is 43.4 Å². The minimum atomic E-state index is 0.474. The fourth-order valence-corrected chi connectivity index (χ4v) is 5.12. The van der Waals surface area contributed by atoms with E-state index in [9.17, 15) is 0 Å². The van der Waals surface area contributed by atoms with Crippen LogP contribution < -0.4 is 0 Å². The van der Waals surface area contributed by atoms with Crippen LogP contribution >= 0.6 is 34.3 Å². The van der Waals surface area contributed by atoms with Crippen molar-refractivity contribution in [3.05, 3.63) is 79.1 Å². The Morgan fingerprint density at radius 2 is 1.93 bits per heavy atom. The molecule has 5 rings (SSSR count). The van der Waals surface area contributed by atoms with Crippen molar-refractivity contribution >= 4 is 40.0 Å². The summed E-state index contributed by atoms with van der Waals surface area (Å²) in [6.45, 7) is 4.54. The summed E-state index contributed by atoms with van der Waals surface area (Å²) in [6, 6.07) is 7.79. The van der Waals surface area contributed by atoms with E-state index in [0.29, 0.717) is 11.6 Å². The first-order valence-corrected chi connectivity index (χ1v) is 10.9. The Bertz CT molecular complexity index is 1300. The molecule has 4 heterocycles. The van der Waals surface area contributed by atoms with Gasteiger partial charge in [0.2, 0.25) is 0 Å². The molecule has 0 spiro atoms. The van der Waals surface area contributed by atoms with E-state index in [4.69, 9.17) is 16.6 Å². The van der Waals surface area contributed by atoms with Gasteiger partial charge in [0.1, 0.15) is 17.4 Å². The van der Waals surface area contributed by atoms with E-state index in [1.165, 1.54) is 11.3 Å². The largest absolute Gasteiger partial charge is 0.276 e. The molecule has 0 saturated carbocycles. The van der Waals surface area contributed by atoms with Crippen molar-refractivity contribution in [2.75, 3.05) is 0 Å². The maximum absolute atomic E-state index is 6.10. The standard InChI is InChI=1S/C21H14ClN5S2/c1-12-17(8-7-16-9-23-11-28-16)29-21-19(12)20(14-3-5-15(22)6-4-14)24-10-18-26-25-13(2)27(18)21/h3-6,9,11H,10H2,1-2H3. The molecule has 0 unspecified atom stereocenters. The highest BCUT2D eigenvalue weighted by atomic mass is 35.5. The molecule has 8 heteroatoms. The smallest absolute Gasteiger partial charge is 0.160 e. The zero-order valence-electron chi connectivity index (χ0n) is 15.6. The molecule has 0 atom stereocenters. The number of thiophene rings is 1. The van der Waals surface area contributed by atoms with Crippen LogP contribution in [-0.2, 0) is 6.54 Å². The second-order valence-corrected chi connectivity index (χ2v) is 8.84. The third kappa shape index (κ3) is 3.19. The normalized spacial score (nSPS) is 12.4. The van der Waals surface area contributed by atoms with Crippen molar-refractivity contribution in [1.29, 1.82) is 0 Å². The Morgan fingerprint density at radius 3 is 2.69 bits per heavy atom. The van der Waals surface area contributed by atoms with E-state index >= 15 is 0 Å². The molecule has 1 aromatic carbocycles. The summed E-state index contributed by atoms with van der Waals surface area (Å²) in [6.07, 6.45) is 1.79. The number of aryl methyl sites for hydroxylation is 1. The Morgan fingerprint density at radius 1 is 1.10 bits per heavy atom. The summed E-state index contributed by atoms with van der Waals surface area (Å²) in [5, 5.41) is 10.4. The highest BCUT2D eigenvalue weighted by Gasteiger charge is 2.27. The van der Waals surface area contributed by atoms with Gasteiger partial charge in [0, 0.05) is 16.1 Å². The average molecular weight is 436 g/mol. The zero-order chi connectivity index (χ0) is 20.0. The van der Waals surface area contributed by atoms with Crippen LogP contribution in [0.2, 0.25) is 5.02 Å². The number of hydrogen-bond donors (Lipinski definition) is 0. The van der Waals surface area contributed by atoms with E-state index in [2.05, 4.69) is 38.5 Å².